The molecule has 2 aliphatic rings. The van der Waals surface area contributed by atoms with Crippen LogP contribution >= 0.6 is 24.0 Å². The first kappa shape index (κ1) is 21.4. The topological polar surface area (TPSA) is 63.9 Å². The van der Waals surface area contributed by atoms with Crippen LogP contribution in [0.3, 0.4) is 0 Å². The van der Waals surface area contributed by atoms with Crippen LogP contribution in [0.1, 0.15) is 36.7 Å². The van der Waals surface area contributed by atoms with Gasteiger partial charge in [0.15, 0.2) is 5.96 Å². The molecule has 3 heterocycles. The van der Waals surface area contributed by atoms with E-state index in [4.69, 9.17) is 14.5 Å². The third kappa shape index (κ3) is 4.89. The van der Waals surface area contributed by atoms with E-state index in [-0.39, 0.29) is 36.2 Å². The van der Waals surface area contributed by atoms with Crippen molar-refractivity contribution in [2.75, 3.05) is 32.8 Å². The summed E-state index contributed by atoms with van der Waals surface area (Å²) in [6, 6.07) is 0. The largest absolute Gasteiger partial charge is 0.375 e. The Kier molecular flexibility index (Phi) is 8.15. The molecule has 0 bridgehead atoms. The van der Waals surface area contributed by atoms with Crippen LogP contribution in [0.25, 0.3) is 0 Å². The number of ether oxygens (including phenoxy) is 2. The minimum Gasteiger partial charge on any atom is -0.375 e. The number of aryl methyl sites for hydroxylation is 2. The van der Waals surface area contributed by atoms with Crippen LogP contribution in [-0.4, -0.2) is 65.7 Å². The summed E-state index contributed by atoms with van der Waals surface area (Å²) in [5.41, 5.74) is 3.44. The maximum absolute atomic E-state index is 5.96. The van der Waals surface area contributed by atoms with Gasteiger partial charge >= 0.3 is 0 Å². The Hall–Kier alpha value is -0.870. The van der Waals surface area contributed by atoms with Gasteiger partial charge in [-0.25, -0.2) is 4.99 Å². The summed E-state index contributed by atoms with van der Waals surface area (Å²) < 4.78 is 13.7. The Morgan fingerprint density at radius 3 is 2.65 bits per heavy atom. The van der Waals surface area contributed by atoms with E-state index in [0.29, 0.717) is 6.54 Å². The first-order valence-corrected chi connectivity index (χ1v) is 9.35. The van der Waals surface area contributed by atoms with Crippen molar-refractivity contribution in [3.8, 4) is 0 Å². The number of halogens is 1. The lowest BCUT2D eigenvalue weighted by Gasteiger charge is -2.37. The maximum Gasteiger partial charge on any atom is 0.194 e. The van der Waals surface area contributed by atoms with Gasteiger partial charge in [0, 0.05) is 44.5 Å². The minimum absolute atomic E-state index is 0. The summed E-state index contributed by atoms with van der Waals surface area (Å²) >= 11 is 0. The first-order valence-electron chi connectivity index (χ1n) is 9.35. The molecule has 0 saturated carbocycles. The monoisotopic (exact) mass is 477 g/mol. The molecule has 8 heteroatoms. The zero-order valence-corrected chi connectivity index (χ0v) is 18.7. The number of nitrogens with zero attached hydrogens (tertiary/aromatic N) is 4. The molecule has 2 unspecified atom stereocenters. The predicted octanol–water partition coefficient (Wildman–Crippen LogP) is 2.00. The van der Waals surface area contributed by atoms with Crippen molar-refractivity contribution in [2.45, 2.75) is 52.4 Å². The highest BCUT2D eigenvalue weighted by atomic mass is 127. The number of guanidine groups is 1. The van der Waals surface area contributed by atoms with E-state index < -0.39 is 0 Å². The average Bonchev–Trinajstić information content (AvgIpc) is 3.22. The zero-order valence-electron chi connectivity index (χ0n) is 16.3. The van der Waals surface area contributed by atoms with Gasteiger partial charge in [0.25, 0.3) is 0 Å². The second-order valence-electron chi connectivity index (χ2n) is 6.85. The number of rotatable bonds is 4. The van der Waals surface area contributed by atoms with Crippen LogP contribution < -0.4 is 5.32 Å². The molecule has 2 fully saturated rings. The molecular weight excluding hydrogens is 445 g/mol. The van der Waals surface area contributed by atoms with Gasteiger partial charge in [0.1, 0.15) is 6.10 Å². The number of aromatic nitrogens is 2. The van der Waals surface area contributed by atoms with Gasteiger partial charge in [-0.1, -0.05) is 0 Å². The fourth-order valence-electron chi connectivity index (χ4n) is 3.61. The molecule has 7 nitrogen and oxygen atoms in total. The molecule has 0 spiro atoms. The summed E-state index contributed by atoms with van der Waals surface area (Å²) in [7, 11) is 1.98. The van der Waals surface area contributed by atoms with Gasteiger partial charge in [-0.05, 0) is 33.6 Å². The van der Waals surface area contributed by atoms with Gasteiger partial charge in [-0.2, -0.15) is 5.10 Å². The molecule has 2 aliphatic heterocycles. The highest BCUT2D eigenvalue weighted by Crippen LogP contribution is 2.21. The standard InChI is InChI=1S/C18H31N5O2.HI/c1-5-19-18(20-11-15-13(2)21-22(4)14(15)3)23-8-10-25-17(12-23)16-7-6-9-24-16;/h16-17H,5-12H2,1-4H3,(H,19,20);1H. The molecule has 0 aromatic carbocycles. The van der Waals surface area contributed by atoms with Crippen LogP contribution in [0.15, 0.2) is 4.99 Å². The third-order valence-electron chi connectivity index (χ3n) is 5.15. The van der Waals surface area contributed by atoms with E-state index in [2.05, 4.69) is 29.2 Å². The van der Waals surface area contributed by atoms with Crippen molar-refractivity contribution in [3.05, 3.63) is 17.0 Å². The van der Waals surface area contributed by atoms with E-state index in [1.165, 1.54) is 11.3 Å². The molecule has 1 aromatic rings. The summed E-state index contributed by atoms with van der Waals surface area (Å²) in [5.74, 6) is 0.955. The molecule has 26 heavy (non-hydrogen) atoms. The van der Waals surface area contributed by atoms with Gasteiger partial charge in [-0.15, -0.1) is 24.0 Å². The number of aliphatic imine (C=N–C) groups is 1. The second kappa shape index (κ2) is 9.89. The molecule has 0 radical (unpaired) electrons. The van der Waals surface area contributed by atoms with E-state index in [9.17, 15) is 0 Å². The maximum atomic E-state index is 5.96. The lowest BCUT2D eigenvalue weighted by molar-refractivity contribution is -0.0817. The summed E-state index contributed by atoms with van der Waals surface area (Å²) in [5, 5.41) is 7.92. The van der Waals surface area contributed by atoms with Crippen molar-refractivity contribution in [1.82, 2.24) is 20.0 Å². The second-order valence-corrected chi connectivity index (χ2v) is 6.85. The number of hydrogen-bond donors (Lipinski definition) is 1. The molecule has 148 valence electrons. The van der Waals surface area contributed by atoms with Gasteiger partial charge in [-0.3, -0.25) is 4.68 Å². The molecule has 1 aromatic heterocycles. The van der Waals surface area contributed by atoms with Crippen molar-refractivity contribution in [1.29, 1.82) is 0 Å². The van der Waals surface area contributed by atoms with E-state index >= 15 is 0 Å². The highest BCUT2D eigenvalue weighted by Gasteiger charge is 2.32. The molecule has 2 atom stereocenters. The fourth-order valence-corrected chi connectivity index (χ4v) is 3.61. The normalized spacial score (nSPS) is 23.8. The van der Waals surface area contributed by atoms with Gasteiger partial charge in [0.05, 0.1) is 24.9 Å². The Balaban J connectivity index is 0.00000243. The van der Waals surface area contributed by atoms with Crippen LogP contribution in [0, 0.1) is 13.8 Å². The number of hydrogen-bond acceptors (Lipinski definition) is 4. The number of nitrogens with one attached hydrogen (secondary N) is 1. The van der Waals surface area contributed by atoms with E-state index in [1.807, 2.05) is 18.7 Å². The van der Waals surface area contributed by atoms with Crippen molar-refractivity contribution in [2.24, 2.45) is 12.0 Å². The molecule has 0 aliphatic carbocycles. The van der Waals surface area contributed by atoms with Crippen molar-refractivity contribution in [3.63, 3.8) is 0 Å². The lowest BCUT2D eigenvalue weighted by Crippen LogP contribution is -2.53. The summed E-state index contributed by atoms with van der Waals surface area (Å²) in [6.45, 7) is 11.0. The molecule has 1 N–H and O–H groups in total. The van der Waals surface area contributed by atoms with Crippen LogP contribution in [0.2, 0.25) is 0 Å². The third-order valence-corrected chi connectivity index (χ3v) is 5.15. The van der Waals surface area contributed by atoms with Crippen molar-refractivity contribution < 1.29 is 9.47 Å². The smallest absolute Gasteiger partial charge is 0.194 e. The summed E-state index contributed by atoms with van der Waals surface area (Å²) in [6.07, 6.45) is 2.61. The Morgan fingerprint density at radius 1 is 1.27 bits per heavy atom. The number of morpholine rings is 1. The fraction of sp³-hybridized carbons (Fsp3) is 0.778. The van der Waals surface area contributed by atoms with Crippen molar-refractivity contribution >= 4 is 29.9 Å². The predicted molar refractivity (Wildman–Crippen MR) is 113 cm³/mol. The Morgan fingerprint density at radius 2 is 2.04 bits per heavy atom. The highest BCUT2D eigenvalue weighted by molar-refractivity contribution is 14.0. The molecular formula is C18H32IN5O2. The first-order chi connectivity index (χ1) is 12.1. The molecule has 3 rings (SSSR count). The van der Waals surface area contributed by atoms with Crippen LogP contribution in [0.4, 0.5) is 0 Å². The average molecular weight is 477 g/mol. The Labute approximate surface area is 173 Å². The lowest BCUT2D eigenvalue weighted by atomic mass is 10.1. The van der Waals surface area contributed by atoms with E-state index in [0.717, 1.165) is 57.3 Å². The molecule has 2 saturated heterocycles. The minimum atomic E-state index is 0. The quantitative estimate of drug-likeness (QED) is 0.409. The Bertz CT molecular complexity index is 613. The summed E-state index contributed by atoms with van der Waals surface area (Å²) in [4.78, 5) is 7.19. The SMILES string of the molecule is CCNC(=NCc1c(C)nn(C)c1C)N1CCOC(C2CCCO2)C1.I. The molecule has 0 amide bonds. The van der Waals surface area contributed by atoms with Crippen LogP contribution in [-0.2, 0) is 23.1 Å². The zero-order chi connectivity index (χ0) is 17.8. The van der Waals surface area contributed by atoms with Gasteiger partial charge in [0.2, 0.25) is 0 Å². The van der Waals surface area contributed by atoms with Gasteiger partial charge < -0.3 is 19.7 Å². The van der Waals surface area contributed by atoms with Crippen LogP contribution in [0.5, 0.6) is 0 Å². The van der Waals surface area contributed by atoms with E-state index in [1.54, 1.807) is 0 Å².